The Labute approximate surface area is 120 Å². The van der Waals surface area contributed by atoms with Crippen LogP contribution in [0.5, 0.6) is 0 Å². The number of sulfone groups is 1. The van der Waals surface area contributed by atoms with Crippen LogP contribution in [0.15, 0.2) is 29.2 Å². The van der Waals surface area contributed by atoms with E-state index in [2.05, 4.69) is 0 Å². The molecule has 2 rings (SSSR count). The van der Waals surface area contributed by atoms with Gasteiger partial charge in [-0.1, -0.05) is 18.2 Å². The number of benzene rings is 1. The highest BCUT2D eigenvalue weighted by molar-refractivity contribution is 7.91. The van der Waals surface area contributed by atoms with Gasteiger partial charge in [-0.3, -0.25) is 4.79 Å². The van der Waals surface area contributed by atoms with E-state index < -0.39 is 34.8 Å². The topological polar surface area (TPSA) is 54.5 Å². The lowest BCUT2D eigenvalue weighted by atomic mass is 10.2. The van der Waals surface area contributed by atoms with Gasteiger partial charge in [-0.05, 0) is 11.6 Å². The molecule has 0 aliphatic carbocycles. The van der Waals surface area contributed by atoms with Crippen molar-refractivity contribution in [2.45, 2.75) is 30.5 Å². The smallest absolute Gasteiger partial charge is 0.337 e. The van der Waals surface area contributed by atoms with Crippen LogP contribution in [0.2, 0.25) is 0 Å². The van der Waals surface area contributed by atoms with Crippen molar-refractivity contribution >= 4 is 15.7 Å². The Morgan fingerprint density at radius 2 is 1.90 bits per heavy atom. The van der Waals surface area contributed by atoms with Crippen molar-refractivity contribution in [2.75, 3.05) is 12.3 Å². The summed E-state index contributed by atoms with van der Waals surface area (Å²) in [6.07, 6.45) is -6.26. The predicted octanol–water partition coefficient (Wildman–Crippen LogP) is 2.15. The first-order chi connectivity index (χ1) is 9.69. The van der Waals surface area contributed by atoms with Crippen molar-refractivity contribution in [3.63, 3.8) is 0 Å². The van der Waals surface area contributed by atoms with Gasteiger partial charge in [-0.2, -0.15) is 13.2 Å². The van der Waals surface area contributed by atoms with Crippen molar-refractivity contribution in [1.82, 2.24) is 4.90 Å². The molecule has 0 fully saturated rings. The number of rotatable bonds is 2. The molecule has 1 aliphatic rings. The molecule has 0 N–H and O–H groups in total. The van der Waals surface area contributed by atoms with Crippen LogP contribution in [0.1, 0.15) is 18.4 Å². The summed E-state index contributed by atoms with van der Waals surface area (Å²) in [5.74, 6) is -0.957. The molecule has 116 valence electrons. The lowest BCUT2D eigenvalue weighted by Gasteiger charge is -2.20. The van der Waals surface area contributed by atoms with Crippen LogP contribution in [-0.2, 0) is 21.2 Å². The fourth-order valence-electron chi connectivity index (χ4n) is 2.18. The van der Waals surface area contributed by atoms with Crippen LogP contribution in [0.3, 0.4) is 0 Å². The highest BCUT2D eigenvalue weighted by Gasteiger charge is 2.31. The van der Waals surface area contributed by atoms with Crippen molar-refractivity contribution in [3.05, 3.63) is 29.8 Å². The second-order valence-corrected chi connectivity index (χ2v) is 6.93. The number of halogens is 3. The van der Waals surface area contributed by atoms with E-state index in [0.29, 0.717) is 5.56 Å². The molecule has 0 unspecified atom stereocenters. The number of carbonyl (C=O) groups excluding carboxylic acids is 1. The highest BCUT2D eigenvalue weighted by atomic mass is 32.2. The standard InChI is InChI=1S/C13H14F3NO3S/c14-13(15,16)6-5-12(18)17-7-8-21(19,20)11-4-2-1-3-10(11)9-17/h1-4H,5-9H2. The molecule has 8 heteroatoms. The van der Waals surface area contributed by atoms with Crippen molar-refractivity contribution in [3.8, 4) is 0 Å². The molecule has 1 amide bonds. The number of nitrogens with zero attached hydrogens (tertiary/aromatic N) is 1. The Hall–Kier alpha value is -1.57. The summed E-state index contributed by atoms with van der Waals surface area (Å²) in [6.45, 7) is -0.0696. The molecule has 1 heterocycles. The van der Waals surface area contributed by atoms with E-state index in [-0.39, 0.29) is 23.7 Å². The fourth-order valence-corrected chi connectivity index (χ4v) is 3.68. The molecule has 4 nitrogen and oxygen atoms in total. The minimum absolute atomic E-state index is 0.0199. The SMILES string of the molecule is O=C(CCC(F)(F)F)N1CCS(=O)(=O)c2ccccc2C1. The van der Waals surface area contributed by atoms with Gasteiger partial charge < -0.3 is 4.90 Å². The molecule has 1 aromatic rings. The van der Waals surface area contributed by atoms with Gasteiger partial charge in [0.1, 0.15) is 0 Å². The summed E-state index contributed by atoms with van der Waals surface area (Å²) in [5.41, 5.74) is 0.440. The van der Waals surface area contributed by atoms with Gasteiger partial charge in [-0.15, -0.1) is 0 Å². The maximum Gasteiger partial charge on any atom is 0.389 e. The third kappa shape index (κ3) is 3.96. The summed E-state index contributed by atoms with van der Waals surface area (Å²) >= 11 is 0. The van der Waals surface area contributed by atoms with Gasteiger partial charge in [0.15, 0.2) is 9.84 Å². The number of fused-ring (bicyclic) bond motifs is 1. The molecule has 1 aromatic carbocycles. The zero-order valence-corrected chi connectivity index (χ0v) is 11.9. The van der Waals surface area contributed by atoms with Gasteiger partial charge in [0.2, 0.25) is 5.91 Å². The van der Waals surface area contributed by atoms with Crippen molar-refractivity contribution < 1.29 is 26.4 Å². The Morgan fingerprint density at radius 1 is 1.24 bits per heavy atom. The zero-order chi connectivity index (χ0) is 15.7. The number of amides is 1. The van der Waals surface area contributed by atoms with Crippen LogP contribution in [-0.4, -0.2) is 37.7 Å². The lowest BCUT2D eigenvalue weighted by Crippen LogP contribution is -2.33. The van der Waals surface area contributed by atoms with Crippen LogP contribution in [0, 0.1) is 0 Å². The monoisotopic (exact) mass is 321 g/mol. The summed E-state index contributed by atoms with van der Waals surface area (Å²) in [7, 11) is -3.50. The number of hydrogen-bond acceptors (Lipinski definition) is 3. The highest BCUT2D eigenvalue weighted by Crippen LogP contribution is 2.25. The Bertz CT molecular complexity index is 640. The molecule has 21 heavy (non-hydrogen) atoms. The summed E-state index contributed by atoms with van der Waals surface area (Å²) in [5, 5.41) is 0. The molecular formula is C13H14F3NO3S. The first-order valence-electron chi connectivity index (χ1n) is 6.34. The number of carbonyl (C=O) groups is 1. The molecule has 0 bridgehead atoms. The quantitative estimate of drug-likeness (QED) is 0.839. The second kappa shape index (κ2) is 5.67. The third-order valence-corrected chi connectivity index (χ3v) is 5.06. The van der Waals surface area contributed by atoms with E-state index in [1.165, 1.54) is 11.0 Å². The third-order valence-electron chi connectivity index (χ3n) is 3.27. The Morgan fingerprint density at radius 3 is 2.57 bits per heavy atom. The van der Waals surface area contributed by atoms with Crippen molar-refractivity contribution in [1.29, 1.82) is 0 Å². The van der Waals surface area contributed by atoms with Gasteiger partial charge in [-0.25, -0.2) is 8.42 Å². The molecular weight excluding hydrogens is 307 g/mol. The maximum absolute atomic E-state index is 12.2. The zero-order valence-electron chi connectivity index (χ0n) is 11.1. The fraction of sp³-hybridized carbons (Fsp3) is 0.462. The molecule has 0 spiro atoms. The first-order valence-corrected chi connectivity index (χ1v) is 7.99. The van der Waals surface area contributed by atoms with E-state index in [1.54, 1.807) is 18.2 Å². The van der Waals surface area contributed by atoms with E-state index >= 15 is 0 Å². The van der Waals surface area contributed by atoms with E-state index in [0.717, 1.165) is 0 Å². The van der Waals surface area contributed by atoms with Crippen LogP contribution in [0.25, 0.3) is 0 Å². The lowest BCUT2D eigenvalue weighted by molar-refractivity contribution is -0.149. The van der Waals surface area contributed by atoms with Crippen LogP contribution in [0.4, 0.5) is 13.2 Å². The average molecular weight is 321 g/mol. The first kappa shape index (κ1) is 15.8. The second-order valence-electron chi connectivity index (χ2n) is 4.86. The van der Waals surface area contributed by atoms with Crippen LogP contribution >= 0.6 is 0 Å². The molecule has 0 saturated carbocycles. The molecule has 0 saturated heterocycles. The van der Waals surface area contributed by atoms with Gasteiger partial charge in [0, 0.05) is 19.5 Å². The van der Waals surface area contributed by atoms with Gasteiger partial charge in [0.25, 0.3) is 0 Å². The van der Waals surface area contributed by atoms with Gasteiger partial charge in [0.05, 0.1) is 17.1 Å². The normalized spacial score (nSPS) is 18.0. The minimum Gasteiger partial charge on any atom is -0.337 e. The number of hydrogen-bond donors (Lipinski definition) is 0. The molecule has 0 atom stereocenters. The van der Waals surface area contributed by atoms with E-state index in [9.17, 15) is 26.4 Å². The average Bonchev–Trinajstić information content (AvgIpc) is 2.53. The summed E-state index contributed by atoms with van der Waals surface area (Å²) in [4.78, 5) is 13.2. The molecule has 0 aromatic heterocycles. The predicted molar refractivity (Wildman–Crippen MR) is 69.2 cm³/mol. The van der Waals surface area contributed by atoms with E-state index in [1.807, 2.05) is 0 Å². The Kier molecular flexibility index (Phi) is 4.27. The molecule has 0 radical (unpaired) electrons. The number of alkyl halides is 3. The summed E-state index contributed by atoms with van der Waals surface area (Å²) < 4.78 is 60.6. The summed E-state index contributed by atoms with van der Waals surface area (Å²) in [6, 6.07) is 6.24. The maximum atomic E-state index is 12.2. The largest absolute Gasteiger partial charge is 0.389 e. The minimum atomic E-state index is -4.40. The molecule has 1 aliphatic heterocycles. The Balaban J connectivity index is 2.17. The van der Waals surface area contributed by atoms with Crippen molar-refractivity contribution in [2.24, 2.45) is 0 Å². The van der Waals surface area contributed by atoms with Crippen LogP contribution < -0.4 is 0 Å². The van der Waals surface area contributed by atoms with Gasteiger partial charge >= 0.3 is 6.18 Å². The van der Waals surface area contributed by atoms with E-state index in [4.69, 9.17) is 0 Å².